The molecule has 3 aliphatic heterocycles. The molecule has 2 aromatic rings. The van der Waals surface area contributed by atoms with Gasteiger partial charge in [0, 0.05) is 52.7 Å². The second kappa shape index (κ2) is 11.1. The molecular formula is C28H38N6O3. The van der Waals surface area contributed by atoms with Crippen molar-refractivity contribution in [1.29, 1.82) is 0 Å². The molecule has 3 aliphatic rings. The van der Waals surface area contributed by atoms with Crippen LogP contribution in [0.5, 0.6) is 0 Å². The van der Waals surface area contributed by atoms with Crippen molar-refractivity contribution in [3.05, 3.63) is 52.8 Å². The first-order valence-corrected chi connectivity index (χ1v) is 13.4. The Labute approximate surface area is 219 Å². The number of amides is 2. The zero-order valence-corrected chi connectivity index (χ0v) is 22.2. The largest absolute Gasteiger partial charge is 0.378 e. The Balaban J connectivity index is 1.17. The summed E-state index contributed by atoms with van der Waals surface area (Å²) in [6.45, 7) is 12.8. The number of morpholine rings is 1. The smallest absolute Gasteiger partial charge is 0.257 e. The first-order chi connectivity index (χ1) is 17.9. The summed E-state index contributed by atoms with van der Waals surface area (Å²) in [4.78, 5) is 41.3. The summed E-state index contributed by atoms with van der Waals surface area (Å²) in [5, 5.41) is 3.11. The molecule has 0 saturated carbocycles. The van der Waals surface area contributed by atoms with E-state index in [1.165, 1.54) is 0 Å². The average molecular weight is 507 g/mol. The molecule has 0 spiro atoms. The van der Waals surface area contributed by atoms with Gasteiger partial charge in [-0.1, -0.05) is 30.3 Å². The van der Waals surface area contributed by atoms with Gasteiger partial charge in [-0.2, -0.15) is 0 Å². The van der Waals surface area contributed by atoms with Gasteiger partial charge in [-0.25, -0.2) is 9.97 Å². The van der Waals surface area contributed by atoms with E-state index in [0.717, 1.165) is 69.2 Å². The number of hydrogen-bond acceptors (Lipinski definition) is 7. The highest BCUT2D eigenvalue weighted by Gasteiger charge is 2.42. The molecule has 9 nitrogen and oxygen atoms in total. The Bertz CT molecular complexity index is 1080. The third kappa shape index (κ3) is 5.78. The van der Waals surface area contributed by atoms with E-state index in [2.05, 4.69) is 27.2 Å². The van der Waals surface area contributed by atoms with Gasteiger partial charge in [0.05, 0.1) is 36.2 Å². The van der Waals surface area contributed by atoms with Crippen molar-refractivity contribution in [2.24, 2.45) is 11.8 Å². The fourth-order valence-electron chi connectivity index (χ4n) is 6.07. The predicted molar refractivity (Wildman–Crippen MR) is 141 cm³/mol. The molecule has 0 bridgehead atoms. The lowest BCUT2D eigenvalue weighted by molar-refractivity contribution is -0.119. The van der Waals surface area contributed by atoms with E-state index in [4.69, 9.17) is 14.7 Å². The van der Waals surface area contributed by atoms with E-state index in [-0.39, 0.29) is 17.9 Å². The Hall–Kier alpha value is -3.04. The van der Waals surface area contributed by atoms with Crippen LogP contribution in [0.1, 0.15) is 46.7 Å². The summed E-state index contributed by atoms with van der Waals surface area (Å²) in [6.07, 6.45) is 0.872. The lowest BCUT2D eigenvalue weighted by Crippen LogP contribution is -2.38. The summed E-state index contributed by atoms with van der Waals surface area (Å²) in [5.41, 5.74) is 3.29. The number of aromatic nitrogens is 2. The number of carbonyl (C=O) groups is 2. The zero-order chi connectivity index (χ0) is 25.9. The van der Waals surface area contributed by atoms with Crippen molar-refractivity contribution in [2.75, 3.05) is 63.9 Å². The normalized spacial score (nSPS) is 22.7. The van der Waals surface area contributed by atoms with Crippen molar-refractivity contribution >= 4 is 17.8 Å². The minimum absolute atomic E-state index is 0.00570. The lowest BCUT2D eigenvalue weighted by Gasteiger charge is -2.28. The second-order valence-electron chi connectivity index (χ2n) is 10.6. The molecule has 0 aliphatic carbocycles. The van der Waals surface area contributed by atoms with Crippen LogP contribution in [0.2, 0.25) is 0 Å². The highest BCUT2D eigenvalue weighted by molar-refractivity contribution is 5.96. The van der Waals surface area contributed by atoms with Gasteiger partial charge in [-0.3, -0.25) is 9.59 Å². The van der Waals surface area contributed by atoms with Crippen LogP contribution in [0.3, 0.4) is 0 Å². The number of nitrogens with zero attached hydrogens (tertiary/aromatic N) is 5. The molecule has 5 rings (SSSR count). The Kier molecular flexibility index (Phi) is 7.71. The third-order valence-electron chi connectivity index (χ3n) is 7.93. The van der Waals surface area contributed by atoms with Crippen LogP contribution in [-0.4, -0.2) is 90.6 Å². The second-order valence-corrected chi connectivity index (χ2v) is 10.6. The van der Waals surface area contributed by atoms with E-state index < -0.39 is 0 Å². The molecule has 4 heterocycles. The molecule has 3 atom stereocenters. The Morgan fingerprint density at radius 1 is 1.00 bits per heavy atom. The number of hydrogen-bond donors (Lipinski definition) is 1. The van der Waals surface area contributed by atoms with Crippen LogP contribution < -0.4 is 10.2 Å². The summed E-state index contributed by atoms with van der Waals surface area (Å²) in [6, 6.07) is 10.2. The molecule has 2 unspecified atom stereocenters. The molecule has 198 valence electrons. The maximum Gasteiger partial charge on any atom is 0.257 e. The minimum atomic E-state index is -0.00570. The van der Waals surface area contributed by atoms with E-state index in [9.17, 15) is 9.59 Å². The van der Waals surface area contributed by atoms with E-state index in [0.29, 0.717) is 36.6 Å². The molecule has 3 saturated heterocycles. The van der Waals surface area contributed by atoms with Crippen molar-refractivity contribution < 1.29 is 14.3 Å². The first kappa shape index (κ1) is 25.6. The van der Waals surface area contributed by atoms with Crippen LogP contribution >= 0.6 is 0 Å². The number of rotatable bonds is 7. The monoisotopic (exact) mass is 506 g/mol. The zero-order valence-electron chi connectivity index (χ0n) is 22.2. The summed E-state index contributed by atoms with van der Waals surface area (Å²) in [7, 11) is 0. The number of anilines is 1. The Morgan fingerprint density at radius 3 is 2.22 bits per heavy atom. The molecule has 37 heavy (non-hydrogen) atoms. The highest BCUT2D eigenvalue weighted by atomic mass is 16.5. The van der Waals surface area contributed by atoms with E-state index in [1.807, 2.05) is 36.9 Å². The fraction of sp³-hybridized carbons (Fsp3) is 0.571. The number of benzene rings is 1. The van der Waals surface area contributed by atoms with Gasteiger partial charge >= 0.3 is 0 Å². The molecular weight excluding hydrogens is 468 g/mol. The summed E-state index contributed by atoms with van der Waals surface area (Å²) >= 11 is 0. The van der Waals surface area contributed by atoms with Crippen LogP contribution in [0.15, 0.2) is 30.3 Å². The topological polar surface area (TPSA) is 90.9 Å². The number of nitrogens with one attached hydrogen (secondary N) is 1. The first-order valence-electron chi connectivity index (χ1n) is 13.4. The van der Waals surface area contributed by atoms with Gasteiger partial charge in [-0.05, 0) is 37.7 Å². The summed E-state index contributed by atoms with van der Waals surface area (Å²) < 4.78 is 5.44. The highest BCUT2D eigenvalue weighted by Crippen LogP contribution is 2.33. The number of fused-ring (bicyclic) bond motifs is 1. The van der Waals surface area contributed by atoms with Gasteiger partial charge in [0.1, 0.15) is 0 Å². The molecule has 3 fully saturated rings. The number of ether oxygens (including phenoxy) is 1. The van der Waals surface area contributed by atoms with Crippen LogP contribution in [0.4, 0.5) is 5.95 Å². The molecule has 1 aromatic heterocycles. The lowest BCUT2D eigenvalue weighted by atomic mass is 10.0. The van der Waals surface area contributed by atoms with Crippen LogP contribution in [-0.2, 0) is 9.53 Å². The number of aryl methyl sites for hydroxylation is 2. The van der Waals surface area contributed by atoms with Crippen LogP contribution in [0, 0.1) is 25.7 Å². The van der Waals surface area contributed by atoms with Crippen molar-refractivity contribution in [2.45, 2.75) is 33.2 Å². The van der Waals surface area contributed by atoms with Gasteiger partial charge < -0.3 is 24.8 Å². The molecule has 0 radical (unpaired) electrons. The molecule has 1 aromatic carbocycles. The van der Waals surface area contributed by atoms with Crippen molar-refractivity contribution in [3.63, 3.8) is 0 Å². The van der Waals surface area contributed by atoms with Gasteiger partial charge in [-0.15, -0.1) is 0 Å². The quantitative estimate of drug-likeness (QED) is 0.616. The van der Waals surface area contributed by atoms with Crippen molar-refractivity contribution in [1.82, 2.24) is 25.1 Å². The molecule has 9 heteroatoms. The maximum atomic E-state index is 13.5. The minimum Gasteiger partial charge on any atom is -0.378 e. The van der Waals surface area contributed by atoms with Gasteiger partial charge in [0.25, 0.3) is 5.91 Å². The molecule has 2 amide bonds. The predicted octanol–water partition coefficient (Wildman–Crippen LogP) is 2.20. The third-order valence-corrected chi connectivity index (χ3v) is 7.93. The molecule has 1 N–H and O–H groups in total. The number of carbonyl (C=O) groups excluding carboxylic acids is 2. The SMILES string of the molecule is CC(=O)N[C@@H](CCN1CC2CN(C(=O)c3c(C)nc(N4CCOCC4)nc3C)CC2C1)c1ccccc1. The summed E-state index contributed by atoms with van der Waals surface area (Å²) in [5.74, 6) is 1.70. The standard InChI is InChI=1S/C28H38N6O3/c1-19-26(20(2)30-28(29-19)33-11-13-37-14-12-33)27(36)34-17-23-15-32(16-24(23)18-34)10-9-25(31-21(3)35)22-7-5-4-6-8-22/h4-8,23-25H,9-18H2,1-3H3,(H,31,35)/t23?,24?,25-/m0/s1. The average Bonchev–Trinajstić information content (AvgIpc) is 3.46. The van der Waals surface area contributed by atoms with E-state index in [1.54, 1.807) is 6.92 Å². The van der Waals surface area contributed by atoms with Gasteiger partial charge in [0.2, 0.25) is 11.9 Å². The maximum absolute atomic E-state index is 13.5. The van der Waals surface area contributed by atoms with Crippen molar-refractivity contribution in [3.8, 4) is 0 Å². The number of likely N-dealkylation sites (tertiary alicyclic amines) is 2. The van der Waals surface area contributed by atoms with E-state index >= 15 is 0 Å². The van der Waals surface area contributed by atoms with Gasteiger partial charge in [0.15, 0.2) is 0 Å². The fourth-order valence-corrected chi connectivity index (χ4v) is 6.07. The van der Waals surface area contributed by atoms with Crippen LogP contribution in [0.25, 0.3) is 0 Å². The Morgan fingerprint density at radius 2 is 1.62 bits per heavy atom.